The Balaban J connectivity index is 0.000000189. The number of hydrogen-bond acceptors (Lipinski definition) is 9. The van der Waals surface area contributed by atoms with E-state index in [1.807, 2.05) is 109 Å². The van der Waals surface area contributed by atoms with E-state index in [4.69, 9.17) is 14.2 Å². The standard InChI is InChI=1S/C26H31N3O5.C21H23N3O3/c1-26(2,3)34-25(32)28-15-14-21-22(28)20(23(30)27-19-12-8-5-9-13-19)16-29(21)24(31)33-17-18-10-6-4-7-11-18;25-20(23-16-9-5-2-6-10-16)17-13-24(18-11-12-22-19(17)18)21(26)27-14-15-7-3-1-4-8-15/h4-13,20-22H,14-17H2,1-3H3,(H,27,30);1-10,17-19,22H,11-14H2,(H,23,25)/t20-,21+,22+;17-,18+,19+/m00/s1. The first kappa shape index (κ1) is 42.7. The number of para-hydroxylation sites is 2. The molecule has 0 saturated carbocycles. The van der Waals surface area contributed by atoms with Crippen molar-refractivity contribution in [1.82, 2.24) is 20.0 Å². The van der Waals surface area contributed by atoms with E-state index >= 15 is 0 Å². The number of fused-ring (bicyclic) bond motifs is 2. The van der Waals surface area contributed by atoms with E-state index in [0.29, 0.717) is 25.2 Å². The summed E-state index contributed by atoms with van der Waals surface area (Å²) in [6.45, 7) is 7.54. The third-order valence-electron chi connectivity index (χ3n) is 11.4. The number of ether oxygens (including phenoxy) is 3. The number of anilines is 2. The predicted octanol–water partition coefficient (Wildman–Crippen LogP) is 6.90. The molecule has 4 aliphatic rings. The van der Waals surface area contributed by atoms with Gasteiger partial charge in [0.25, 0.3) is 0 Å². The summed E-state index contributed by atoms with van der Waals surface area (Å²) in [5.41, 5.74) is 2.60. The van der Waals surface area contributed by atoms with Gasteiger partial charge in [-0.2, -0.15) is 0 Å². The summed E-state index contributed by atoms with van der Waals surface area (Å²) < 4.78 is 16.7. The maximum Gasteiger partial charge on any atom is 0.410 e. The van der Waals surface area contributed by atoms with Crippen LogP contribution in [0.3, 0.4) is 0 Å². The van der Waals surface area contributed by atoms with Crippen molar-refractivity contribution in [3.8, 4) is 0 Å². The zero-order valence-corrected chi connectivity index (χ0v) is 34.8. The van der Waals surface area contributed by atoms with Crippen LogP contribution in [0.4, 0.5) is 25.8 Å². The number of benzene rings is 4. The van der Waals surface area contributed by atoms with E-state index in [2.05, 4.69) is 16.0 Å². The molecule has 4 aliphatic heterocycles. The van der Waals surface area contributed by atoms with E-state index in [9.17, 15) is 24.0 Å². The van der Waals surface area contributed by atoms with Gasteiger partial charge in [-0.1, -0.05) is 97.1 Å². The van der Waals surface area contributed by atoms with Crippen molar-refractivity contribution in [2.24, 2.45) is 11.8 Å². The Bertz CT molecular complexity index is 2120. The molecule has 0 bridgehead atoms. The Kier molecular flexibility index (Phi) is 13.5. The molecule has 4 aromatic carbocycles. The van der Waals surface area contributed by atoms with E-state index < -0.39 is 29.7 Å². The molecular formula is C47H54N6O8. The molecular weight excluding hydrogens is 777 g/mol. The lowest BCUT2D eigenvalue weighted by atomic mass is 9.98. The highest BCUT2D eigenvalue weighted by molar-refractivity contribution is 5.95. The zero-order chi connectivity index (χ0) is 42.9. The number of nitrogens with one attached hydrogen (secondary N) is 3. The average Bonchev–Trinajstić information content (AvgIpc) is 4.06. The van der Waals surface area contributed by atoms with Crippen molar-refractivity contribution in [2.45, 2.75) is 76.6 Å². The number of nitrogens with zero attached hydrogens (tertiary/aromatic N) is 3. The van der Waals surface area contributed by atoms with Crippen molar-refractivity contribution in [1.29, 1.82) is 0 Å². The van der Waals surface area contributed by atoms with Crippen LogP contribution in [-0.4, -0.2) is 101 Å². The van der Waals surface area contributed by atoms with Gasteiger partial charge in [0.2, 0.25) is 11.8 Å². The monoisotopic (exact) mass is 830 g/mol. The molecule has 0 unspecified atom stereocenters. The van der Waals surface area contributed by atoms with Gasteiger partial charge in [-0.25, -0.2) is 14.4 Å². The second-order valence-corrected chi connectivity index (χ2v) is 16.7. The van der Waals surface area contributed by atoms with Crippen molar-refractivity contribution in [2.75, 3.05) is 36.8 Å². The fourth-order valence-corrected chi connectivity index (χ4v) is 8.57. The third-order valence-corrected chi connectivity index (χ3v) is 11.4. The molecule has 14 heteroatoms. The molecule has 0 radical (unpaired) electrons. The average molecular weight is 831 g/mol. The number of hydrogen-bond donors (Lipinski definition) is 3. The number of carbonyl (C=O) groups is 5. The van der Waals surface area contributed by atoms with E-state index in [0.717, 1.165) is 29.8 Å². The molecule has 3 N–H and O–H groups in total. The summed E-state index contributed by atoms with van der Waals surface area (Å²) in [4.78, 5) is 69.6. The van der Waals surface area contributed by atoms with Crippen LogP contribution in [0.5, 0.6) is 0 Å². The van der Waals surface area contributed by atoms with Crippen molar-refractivity contribution in [3.05, 3.63) is 132 Å². The fourth-order valence-electron chi connectivity index (χ4n) is 8.57. The lowest BCUT2D eigenvalue weighted by Crippen LogP contribution is -2.47. The lowest BCUT2D eigenvalue weighted by Gasteiger charge is -2.30. The Morgan fingerprint density at radius 1 is 0.590 bits per heavy atom. The van der Waals surface area contributed by atoms with Gasteiger partial charge >= 0.3 is 18.3 Å². The molecule has 4 heterocycles. The zero-order valence-electron chi connectivity index (χ0n) is 34.8. The van der Waals surface area contributed by atoms with Gasteiger partial charge < -0.3 is 44.9 Å². The first-order valence-corrected chi connectivity index (χ1v) is 20.8. The quantitative estimate of drug-likeness (QED) is 0.161. The van der Waals surface area contributed by atoms with Gasteiger partial charge in [-0.15, -0.1) is 0 Å². The lowest BCUT2D eigenvalue weighted by molar-refractivity contribution is -0.121. The number of likely N-dealkylation sites (tertiary alicyclic amines) is 3. The molecule has 8 rings (SSSR count). The highest BCUT2D eigenvalue weighted by atomic mass is 16.6. The van der Waals surface area contributed by atoms with Crippen molar-refractivity contribution < 1.29 is 38.2 Å². The van der Waals surface area contributed by atoms with Gasteiger partial charge in [0, 0.05) is 37.1 Å². The minimum absolute atomic E-state index is 0.000188. The summed E-state index contributed by atoms with van der Waals surface area (Å²) >= 11 is 0. The van der Waals surface area contributed by atoms with Crippen LogP contribution in [0.2, 0.25) is 0 Å². The van der Waals surface area contributed by atoms with Crippen LogP contribution < -0.4 is 16.0 Å². The number of carbonyl (C=O) groups excluding carboxylic acids is 5. The summed E-state index contributed by atoms with van der Waals surface area (Å²) in [6.07, 6.45) is 0.0733. The topological polar surface area (TPSA) is 159 Å². The molecule has 320 valence electrons. The molecule has 14 nitrogen and oxygen atoms in total. The molecule has 0 spiro atoms. The van der Waals surface area contributed by atoms with Gasteiger partial charge in [-0.05, 0) is 75.5 Å². The largest absolute Gasteiger partial charge is 0.445 e. The molecule has 61 heavy (non-hydrogen) atoms. The Labute approximate surface area is 356 Å². The number of amides is 5. The second-order valence-electron chi connectivity index (χ2n) is 16.7. The van der Waals surface area contributed by atoms with Crippen LogP contribution in [0.25, 0.3) is 0 Å². The fraction of sp³-hybridized carbons (Fsp3) is 0.383. The van der Waals surface area contributed by atoms with Crippen molar-refractivity contribution in [3.63, 3.8) is 0 Å². The van der Waals surface area contributed by atoms with Gasteiger partial charge in [-0.3, -0.25) is 9.59 Å². The number of rotatable bonds is 8. The van der Waals surface area contributed by atoms with Gasteiger partial charge in [0.1, 0.15) is 18.8 Å². The predicted molar refractivity (Wildman–Crippen MR) is 229 cm³/mol. The maximum atomic E-state index is 13.3. The SMILES string of the molecule is CC(C)(C)OC(=O)N1CC[C@@H]2[C@H]1[C@@H](C(=O)Nc1ccccc1)CN2C(=O)OCc1ccccc1.O=C(Nc1ccccc1)[C@H]1CN(C(=O)OCc2ccccc2)[C@@H]2CCN[C@H]12. The van der Waals surface area contributed by atoms with Crippen LogP contribution in [0.15, 0.2) is 121 Å². The first-order chi connectivity index (χ1) is 29.4. The smallest absolute Gasteiger partial charge is 0.410 e. The highest BCUT2D eigenvalue weighted by Gasteiger charge is 2.55. The van der Waals surface area contributed by atoms with Gasteiger partial charge in [0.15, 0.2) is 0 Å². The van der Waals surface area contributed by atoms with Crippen LogP contribution >= 0.6 is 0 Å². The van der Waals surface area contributed by atoms with E-state index in [1.54, 1.807) is 47.6 Å². The van der Waals surface area contributed by atoms with E-state index in [1.165, 1.54) is 0 Å². The molecule has 4 saturated heterocycles. The molecule has 0 aliphatic carbocycles. The molecule has 4 aromatic rings. The van der Waals surface area contributed by atoms with Crippen LogP contribution in [-0.2, 0) is 37.0 Å². The Morgan fingerprint density at radius 3 is 1.56 bits per heavy atom. The minimum Gasteiger partial charge on any atom is -0.445 e. The van der Waals surface area contributed by atoms with Crippen molar-refractivity contribution >= 4 is 41.5 Å². The highest BCUT2D eigenvalue weighted by Crippen LogP contribution is 2.38. The minimum atomic E-state index is -0.663. The molecule has 4 fully saturated rings. The molecule has 5 amide bonds. The Morgan fingerprint density at radius 2 is 1.05 bits per heavy atom. The normalized spacial score (nSPS) is 22.6. The van der Waals surface area contributed by atoms with Crippen LogP contribution in [0, 0.1) is 11.8 Å². The third kappa shape index (κ3) is 10.7. The maximum absolute atomic E-state index is 13.3. The summed E-state index contributed by atoms with van der Waals surface area (Å²) in [5, 5.41) is 9.26. The van der Waals surface area contributed by atoms with Crippen LogP contribution in [0.1, 0.15) is 44.7 Å². The Hall–Kier alpha value is -6.41. The van der Waals surface area contributed by atoms with Gasteiger partial charge in [0.05, 0.1) is 30.0 Å². The second kappa shape index (κ2) is 19.3. The molecule has 0 aromatic heterocycles. The summed E-state index contributed by atoms with van der Waals surface area (Å²) in [6, 6.07) is 36.7. The summed E-state index contributed by atoms with van der Waals surface area (Å²) in [7, 11) is 0. The first-order valence-electron chi connectivity index (χ1n) is 20.8. The summed E-state index contributed by atoms with van der Waals surface area (Å²) in [5.74, 6) is -1.20. The van der Waals surface area contributed by atoms with E-state index in [-0.39, 0.29) is 61.7 Å². The molecule has 6 atom stereocenters.